The topological polar surface area (TPSA) is 64.1 Å². The van der Waals surface area contributed by atoms with Crippen LogP contribution >= 0.6 is 0 Å². The van der Waals surface area contributed by atoms with E-state index >= 15 is 0 Å². The highest BCUT2D eigenvalue weighted by Gasteiger charge is 2.24. The van der Waals surface area contributed by atoms with Crippen LogP contribution in [0.3, 0.4) is 0 Å². The summed E-state index contributed by atoms with van der Waals surface area (Å²) in [6.45, 7) is 0.843. The van der Waals surface area contributed by atoms with Crippen molar-refractivity contribution in [2.75, 3.05) is 0 Å². The minimum absolute atomic E-state index is 0.491. The maximum atomic E-state index is 9.72. The van der Waals surface area contributed by atoms with Gasteiger partial charge in [-0.25, -0.2) is 0 Å². The number of aliphatic hydroxyl groups excluding tert-OH is 1. The van der Waals surface area contributed by atoms with Crippen LogP contribution in [0.5, 0.6) is 0 Å². The minimum atomic E-state index is -0.491. The molecular weight excluding hydrogens is 194 g/mol. The van der Waals surface area contributed by atoms with Gasteiger partial charge in [0.2, 0.25) is 0 Å². The molecule has 5 nitrogen and oxygen atoms in total. The highest BCUT2D eigenvalue weighted by atomic mass is 16.3. The average Bonchev–Trinajstić information content (AvgIpc) is 2.85. The molecular formula is C10H11N3O2. The van der Waals surface area contributed by atoms with Gasteiger partial charge >= 0.3 is 0 Å². The molecule has 0 radical (unpaired) electrons. The number of rotatable bonds is 1. The van der Waals surface area contributed by atoms with E-state index in [4.69, 9.17) is 4.42 Å². The molecule has 0 aliphatic carbocycles. The van der Waals surface area contributed by atoms with E-state index in [9.17, 15) is 5.11 Å². The Morgan fingerprint density at radius 1 is 1.47 bits per heavy atom. The Morgan fingerprint density at radius 3 is 3.20 bits per heavy atom. The van der Waals surface area contributed by atoms with Crippen molar-refractivity contribution in [3.05, 3.63) is 24.2 Å². The Bertz CT molecular complexity index is 461. The van der Waals surface area contributed by atoms with Gasteiger partial charge in [-0.3, -0.25) is 0 Å². The van der Waals surface area contributed by atoms with Gasteiger partial charge in [0.25, 0.3) is 0 Å². The molecule has 0 bridgehead atoms. The lowest BCUT2D eigenvalue weighted by Crippen LogP contribution is -2.16. The summed E-state index contributed by atoms with van der Waals surface area (Å²) in [4.78, 5) is 0. The SMILES string of the molecule is OC1CCCn2c(-c3ccco3)nnc21. The summed E-state index contributed by atoms with van der Waals surface area (Å²) in [6.07, 6.45) is 2.82. The predicted molar refractivity (Wildman–Crippen MR) is 51.9 cm³/mol. The molecule has 0 amide bonds. The highest BCUT2D eigenvalue weighted by molar-refractivity contribution is 5.46. The molecule has 1 unspecified atom stereocenters. The number of fused-ring (bicyclic) bond motifs is 1. The molecule has 0 saturated heterocycles. The van der Waals surface area contributed by atoms with Crippen molar-refractivity contribution >= 4 is 0 Å². The van der Waals surface area contributed by atoms with Gasteiger partial charge in [0, 0.05) is 6.54 Å². The zero-order valence-electron chi connectivity index (χ0n) is 8.13. The van der Waals surface area contributed by atoms with Gasteiger partial charge in [0.15, 0.2) is 17.4 Å². The molecule has 2 aromatic heterocycles. The van der Waals surface area contributed by atoms with Gasteiger partial charge in [-0.15, -0.1) is 10.2 Å². The molecule has 0 saturated carbocycles. The monoisotopic (exact) mass is 205 g/mol. The lowest BCUT2D eigenvalue weighted by atomic mass is 10.1. The van der Waals surface area contributed by atoms with E-state index in [-0.39, 0.29) is 0 Å². The van der Waals surface area contributed by atoms with Gasteiger partial charge in [0.1, 0.15) is 6.10 Å². The summed E-state index contributed by atoms with van der Waals surface area (Å²) >= 11 is 0. The van der Waals surface area contributed by atoms with Crippen molar-refractivity contribution in [2.45, 2.75) is 25.5 Å². The highest BCUT2D eigenvalue weighted by Crippen LogP contribution is 2.28. The van der Waals surface area contributed by atoms with Crippen molar-refractivity contribution < 1.29 is 9.52 Å². The van der Waals surface area contributed by atoms with Crippen LogP contribution in [0.4, 0.5) is 0 Å². The minimum Gasteiger partial charge on any atom is -0.461 e. The number of nitrogens with zero attached hydrogens (tertiary/aromatic N) is 3. The molecule has 3 rings (SSSR count). The summed E-state index contributed by atoms with van der Waals surface area (Å²) in [5.74, 6) is 2.05. The summed E-state index contributed by atoms with van der Waals surface area (Å²) in [7, 11) is 0. The molecule has 3 heterocycles. The fourth-order valence-electron chi connectivity index (χ4n) is 1.94. The first kappa shape index (κ1) is 8.67. The smallest absolute Gasteiger partial charge is 0.199 e. The quantitative estimate of drug-likeness (QED) is 0.763. The van der Waals surface area contributed by atoms with Gasteiger partial charge in [0.05, 0.1) is 6.26 Å². The molecule has 1 aliphatic heterocycles. The van der Waals surface area contributed by atoms with Gasteiger partial charge in [-0.2, -0.15) is 0 Å². The molecule has 15 heavy (non-hydrogen) atoms. The summed E-state index contributed by atoms with van der Waals surface area (Å²) in [5.41, 5.74) is 0. The van der Waals surface area contributed by atoms with Crippen LogP contribution in [-0.4, -0.2) is 19.9 Å². The Balaban J connectivity index is 2.11. The van der Waals surface area contributed by atoms with E-state index in [0.717, 1.165) is 19.4 Å². The molecule has 1 N–H and O–H groups in total. The maximum Gasteiger partial charge on any atom is 0.199 e. The van der Waals surface area contributed by atoms with E-state index in [1.165, 1.54) is 0 Å². The van der Waals surface area contributed by atoms with Crippen molar-refractivity contribution in [1.29, 1.82) is 0 Å². The molecule has 0 aromatic carbocycles. The lowest BCUT2D eigenvalue weighted by molar-refractivity contribution is 0.133. The molecule has 1 aliphatic rings. The molecule has 2 aromatic rings. The lowest BCUT2D eigenvalue weighted by Gasteiger charge is -2.18. The maximum absolute atomic E-state index is 9.72. The first-order chi connectivity index (χ1) is 7.36. The Labute approximate surface area is 86.4 Å². The summed E-state index contributed by atoms with van der Waals surface area (Å²) in [6, 6.07) is 3.66. The number of hydrogen-bond acceptors (Lipinski definition) is 4. The molecule has 1 atom stereocenters. The van der Waals surface area contributed by atoms with Crippen LogP contribution in [0.1, 0.15) is 24.8 Å². The van der Waals surface area contributed by atoms with E-state index in [1.807, 2.05) is 16.7 Å². The third-order valence-corrected chi connectivity index (χ3v) is 2.68. The molecule has 0 spiro atoms. The second kappa shape index (κ2) is 3.20. The van der Waals surface area contributed by atoms with E-state index in [0.29, 0.717) is 17.4 Å². The third kappa shape index (κ3) is 1.27. The number of aromatic nitrogens is 3. The summed E-state index contributed by atoms with van der Waals surface area (Å²) < 4.78 is 7.20. The standard InChI is InChI=1S/C10H11N3O2/c14-7-3-1-5-13-9(7)11-12-10(13)8-4-2-6-15-8/h2,4,6-7,14H,1,3,5H2. The van der Waals surface area contributed by atoms with Crippen LogP contribution in [0.2, 0.25) is 0 Å². The number of furan rings is 1. The predicted octanol–water partition coefficient (Wildman–Crippen LogP) is 1.37. The Kier molecular flexibility index (Phi) is 1.85. The number of hydrogen-bond donors (Lipinski definition) is 1. The third-order valence-electron chi connectivity index (χ3n) is 2.68. The van der Waals surface area contributed by atoms with Crippen LogP contribution in [0.25, 0.3) is 11.6 Å². The Morgan fingerprint density at radius 2 is 2.40 bits per heavy atom. The molecule has 5 heteroatoms. The van der Waals surface area contributed by atoms with E-state index < -0.39 is 6.10 Å². The van der Waals surface area contributed by atoms with Crippen LogP contribution in [-0.2, 0) is 6.54 Å². The van der Waals surface area contributed by atoms with Crippen molar-refractivity contribution in [1.82, 2.24) is 14.8 Å². The van der Waals surface area contributed by atoms with Crippen LogP contribution < -0.4 is 0 Å². The second-order valence-corrected chi connectivity index (χ2v) is 3.67. The first-order valence-corrected chi connectivity index (χ1v) is 5.01. The van der Waals surface area contributed by atoms with Crippen molar-refractivity contribution in [2.24, 2.45) is 0 Å². The fraction of sp³-hybridized carbons (Fsp3) is 0.400. The number of aliphatic hydroxyl groups is 1. The van der Waals surface area contributed by atoms with E-state index in [2.05, 4.69) is 10.2 Å². The van der Waals surface area contributed by atoms with Crippen LogP contribution in [0.15, 0.2) is 22.8 Å². The zero-order chi connectivity index (χ0) is 10.3. The first-order valence-electron chi connectivity index (χ1n) is 5.01. The van der Waals surface area contributed by atoms with Gasteiger partial charge < -0.3 is 14.1 Å². The second-order valence-electron chi connectivity index (χ2n) is 3.67. The molecule has 78 valence electrons. The molecule has 0 fully saturated rings. The summed E-state index contributed by atoms with van der Waals surface area (Å²) in [5, 5.41) is 17.8. The zero-order valence-corrected chi connectivity index (χ0v) is 8.13. The fourth-order valence-corrected chi connectivity index (χ4v) is 1.94. The average molecular weight is 205 g/mol. The van der Waals surface area contributed by atoms with Gasteiger partial charge in [-0.05, 0) is 25.0 Å². The van der Waals surface area contributed by atoms with Gasteiger partial charge in [-0.1, -0.05) is 0 Å². The normalized spacial score (nSPS) is 20.2. The van der Waals surface area contributed by atoms with Crippen LogP contribution in [0, 0.1) is 0 Å². The largest absolute Gasteiger partial charge is 0.461 e. The Hall–Kier alpha value is -1.62. The van der Waals surface area contributed by atoms with Crippen molar-refractivity contribution in [3.8, 4) is 11.6 Å². The van der Waals surface area contributed by atoms with Crippen molar-refractivity contribution in [3.63, 3.8) is 0 Å². The van der Waals surface area contributed by atoms with E-state index in [1.54, 1.807) is 6.26 Å².